The zero-order chi connectivity index (χ0) is 16.3. The highest BCUT2D eigenvalue weighted by Gasteiger charge is 2.50. The Balaban J connectivity index is 2.94. The average Bonchev–Trinajstić information content (AvgIpc) is 2.40. The van der Waals surface area contributed by atoms with E-state index in [4.69, 9.17) is 4.74 Å². The molecule has 1 aliphatic heterocycles. The van der Waals surface area contributed by atoms with Crippen molar-refractivity contribution in [3.05, 3.63) is 0 Å². The standard InChI is InChI=1S/C16H30N2O3/c1-7-16(5)14(20)17-12(15(2,3)4)13(19)18(16)10-8-9-11-21-6/h12H,7-11H2,1-6H3,(H,17,20). The average molecular weight is 298 g/mol. The molecule has 1 aliphatic rings. The molecule has 1 N–H and O–H groups in total. The molecule has 21 heavy (non-hydrogen) atoms. The van der Waals surface area contributed by atoms with Crippen molar-refractivity contribution in [3.8, 4) is 0 Å². The molecular formula is C16H30N2O3. The molecule has 1 heterocycles. The van der Waals surface area contributed by atoms with Crippen molar-refractivity contribution in [2.24, 2.45) is 5.41 Å². The van der Waals surface area contributed by atoms with Crippen LogP contribution in [0.5, 0.6) is 0 Å². The maximum absolute atomic E-state index is 12.8. The molecule has 0 aromatic rings. The summed E-state index contributed by atoms with van der Waals surface area (Å²) in [5, 5.41) is 2.92. The molecule has 1 saturated heterocycles. The summed E-state index contributed by atoms with van der Waals surface area (Å²) in [6.45, 7) is 11.0. The second-order valence-corrected chi connectivity index (χ2v) is 7.09. The molecule has 0 aromatic carbocycles. The van der Waals surface area contributed by atoms with E-state index in [2.05, 4.69) is 5.32 Å². The van der Waals surface area contributed by atoms with Crippen molar-refractivity contribution < 1.29 is 14.3 Å². The van der Waals surface area contributed by atoms with E-state index >= 15 is 0 Å². The fourth-order valence-corrected chi connectivity index (χ4v) is 2.68. The summed E-state index contributed by atoms with van der Waals surface area (Å²) in [4.78, 5) is 27.1. The van der Waals surface area contributed by atoms with Crippen LogP contribution >= 0.6 is 0 Å². The van der Waals surface area contributed by atoms with Crippen molar-refractivity contribution >= 4 is 11.8 Å². The number of nitrogens with zero attached hydrogens (tertiary/aromatic N) is 1. The molecule has 2 amide bonds. The van der Waals surface area contributed by atoms with Gasteiger partial charge >= 0.3 is 0 Å². The Morgan fingerprint density at radius 2 is 1.90 bits per heavy atom. The first kappa shape index (κ1) is 18.0. The molecule has 0 saturated carbocycles. The lowest BCUT2D eigenvalue weighted by atomic mass is 9.80. The van der Waals surface area contributed by atoms with Gasteiger partial charge in [0.1, 0.15) is 11.6 Å². The smallest absolute Gasteiger partial charge is 0.246 e. The molecule has 0 spiro atoms. The number of piperazine rings is 1. The molecule has 122 valence electrons. The Morgan fingerprint density at radius 3 is 2.38 bits per heavy atom. The van der Waals surface area contributed by atoms with Crippen LogP contribution in [0.2, 0.25) is 0 Å². The van der Waals surface area contributed by atoms with Crippen molar-refractivity contribution in [1.29, 1.82) is 0 Å². The molecule has 5 nitrogen and oxygen atoms in total. The SMILES string of the molecule is CCC1(C)C(=O)NC(C(C)(C)C)C(=O)N1CCCCOC. The minimum atomic E-state index is -0.744. The number of rotatable bonds is 6. The van der Waals surface area contributed by atoms with E-state index in [1.807, 2.05) is 34.6 Å². The van der Waals surface area contributed by atoms with Crippen LogP contribution in [0, 0.1) is 5.41 Å². The molecule has 1 fully saturated rings. The number of hydrogen-bond acceptors (Lipinski definition) is 3. The molecule has 5 heteroatoms. The van der Waals surface area contributed by atoms with Crippen LogP contribution in [-0.2, 0) is 14.3 Å². The summed E-state index contributed by atoms with van der Waals surface area (Å²) in [5.74, 6) is -0.0138. The Bertz CT molecular complexity index is 389. The third-order valence-corrected chi connectivity index (χ3v) is 4.41. The van der Waals surface area contributed by atoms with Gasteiger partial charge in [0.25, 0.3) is 0 Å². The predicted molar refractivity (Wildman–Crippen MR) is 82.9 cm³/mol. The Hall–Kier alpha value is -1.10. The number of nitrogens with one attached hydrogen (secondary N) is 1. The highest BCUT2D eigenvalue weighted by Crippen LogP contribution is 2.31. The molecule has 1 rings (SSSR count). The third kappa shape index (κ3) is 3.76. The van der Waals surface area contributed by atoms with Gasteiger partial charge in [-0.3, -0.25) is 9.59 Å². The van der Waals surface area contributed by atoms with Crippen molar-refractivity contribution in [3.63, 3.8) is 0 Å². The van der Waals surface area contributed by atoms with Gasteiger partial charge < -0.3 is 15.0 Å². The highest BCUT2D eigenvalue weighted by atomic mass is 16.5. The number of hydrogen-bond donors (Lipinski definition) is 1. The van der Waals surface area contributed by atoms with Gasteiger partial charge in [-0.05, 0) is 31.6 Å². The molecular weight excluding hydrogens is 268 g/mol. The summed E-state index contributed by atoms with van der Waals surface area (Å²) in [6.07, 6.45) is 2.35. The monoisotopic (exact) mass is 298 g/mol. The van der Waals surface area contributed by atoms with Gasteiger partial charge in [-0.2, -0.15) is 0 Å². The van der Waals surface area contributed by atoms with Crippen LogP contribution in [-0.4, -0.2) is 48.6 Å². The van der Waals surface area contributed by atoms with E-state index in [1.165, 1.54) is 0 Å². The first-order chi connectivity index (χ1) is 9.68. The van der Waals surface area contributed by atoms with Gasteiger partial charge in [-0.15, -0.1) is 0 Å². The number of unbranched alkanes of at least 4 members (excludes halogenated alkanes) is 1. The fourth-order valence-electron chi connectivity index (χ4n) is 2.68. The normalized spacial score (nSPS) is 27.0. The lowest BCUT2D eigenvalue weighted by Crippen LogP contribution is -2.71. The summed E-state index contributed by atoms with van der Waals surface area (Å²) in [5.41, 5.74) is -1.03. The van der Waals surface area contributed by atoms with Crippen LogP contribution < -0.4 is 5.32 Å². The van der Waals surface area contributed by atoms with Gasteiger partial charge in [0.2, 0.25) is 11.8 Å². The zero-order valence-corrected chi connectivity index (χ0v) is 14.3. The first-order valence-corrected chi connectivity index (χ1v) is 7.80. The van der Waals surface area contributed by atoms with Crippen LogP contribution in [0.25, 0.3) is 0 Å². The van der Waals surface area contributed by atoms with Crippen molar-refractivity contribution in [2.75, 3.05) is 20.3 Å². The van der Waals surface area contributed by atoms with E-state index in [1.54, 1.807) is 12.0 Å². The lowest BCUT2D eigenvalue weighted by molar-refractivity contribution is -0.160. The van der Waals surface area contributed by atoms with Crippen molar-refractivity contribution in [1.82, 2.24) is 10.2 Å². The van der Waals surface area contributed by atoms with E-state index < -0.39 is 11.6 Å². The summed E-state index contributed by atoms with van der Waals surface area (Å²) in [7, 11) is 1.67. The zero-order valence-electron chi connectivity index (χ0n) is 14.3. The van der Waals surface area contributed by atoms with Crippen molar-refractivity contribution in [2.45, 2.75) is 65.5 Å². The second kappa shape index (κ2) is 6.77. The van der Waals surface area contributed by atoms with Crippen LogP contribution in [0.15, 0.2) is 0 Å². The third-order valence-electron chi connectivity index (χ3n) is 4.41. The van der Waals surface area contributed by atoms with E-state index in [0.29, 0.717) is 19.6 Å². The Morgan fingerprint density at radius 1 is 1.29 bits per heavy atom. The highest BCUT2D eigenvalue weighted by molar-refractivity contribution is 5.99. The van der Waals surface area contributed by atoms with Gasteiger partial charge in [0, 0.05) is 20.3 Å². The minimum Gasteiger partial charge on any atom is -0.385 e. The molecule has 0 bridgehead atoms. The number of carbonyl (C=O) groups is 2. The first-order valence-electron chi connectivity index (χ1n) is 7.80. The number of carbonyl (C=O) groups excluding carboxylic acids is 2. The molecule has 2 unspecified atom stereocenters. The minimum absolute atomic E-state index is 0.0314. The molecule has 0 radical (unpaired) electrons. The molecule has 0 aromatic heterocycles. The number of methoxy groups -OCH3 is 1. The van der Waals surface area contributed by atoms with Gasteiger partial charge in [-0.25, -0.2) is 0 Å². The summed E-state index contributed by atoms with van der Waals surface area (Å²) in [6, 6.07) is -0.452. The fraction of sp³-hybridized carbons (Fsp3) is 0.875. The van der Waals surface area contributed by atoms with E-state index in [0.717, 1.165) is 12.8 Å². The molecule has 2 atom stereocenters. The maximum Gasteiger partial charge on any atom is 0.246 e. The van der Waals surface area contributed by atoms with Gasteiger partial charge in [0.15, 0.2) is 0 Å². The van der Waals surface area contributed by atoms with Crippen LogP contribution in [0.4, 0.5) is 0 Å². The number of ether oxygens (including phenoxy) is 1. The van der Waals surface area contributed by atoms with Gasteiger partial charge in [0.05, 0.1) is 0 Å². The van der Waals surface area contributed by atoms with E-state index in [-0.39, 0.29) is 17.2 Å². The van der Waals surface area contributed by atoms with E-state index in [9.17, 15) is 9.59 Å². The Kier molecular flexibility index (Phi) is 5.79. The predicted octanol–water partition coefficient (Wildman–Crippen LogP) is 1.95. The second-order valence-electron chi connectivity index (χ2n) is 7.09. The topological polar surface area (TPSA) is 58.6 Å². The lowest BCUT2D eigenvalue weighted by Gasteiger charge is -2.49. The molecule has 0 aliphatic carbocycles. The van der Waals surface area contributed by atoms with Crippen LogP contribution in [0.1, 0.15) is 53.9 Å². The maximum atomic E-state index is 12.8. The Labute approximate surface area is 128 Å². The number of amides is 2. The largest absolute Gasteiger partial charge is 0.385 e. The van der Waals surface area contributed by atoms with Crippen LogP contribution in [0.3, 0.4) is 0 Å². The quantitative estimate of drug-likeness (QED) is 0.763. The van der Waals surface area contributed by atoms with Gasteiger partial charge in [-0.1, -0.05) is 27.7 Å². The summed E-state index contributed by atoms with van der Waals surface area (Å²) >= 11 is 0. The summed E-state index contributed by atoms with van der Waals surface area (Å²) < 4.78 is 5.05.